The average Bonchev–Trinajstić information content (AvgIpc) is 2.18. The third-order valence-corrected chi connectivity index (χ3v) is 2.84. The number of rotatable bonds is 2. The van der Waals surface area contributed by atoms with E-state index in [1.54, 1.807) is 6.07 Å². The summed E-state index contributed by atoms with van der Waals surface area (Å²) in [5.41, 5.74) is 0.308. The van der Waals surface area contributed by atoms with E-state index < -0.39 is 10.0 Å². The normalized spacial score (nSPS) is 10.8. The number of benzene rings is 1. The largest absolute Gasteiger partial charge is 0.367 e. The third kappa shape index (κ3) is 2.05. The van der Waals surface area contributed by atoms with Gasteiger partial charge in [-0.15, -0.1) is 7.05 Å². The minimum absolute atomic E-state index is 0.107. The first-order valence-corrected chi connectivity index (χ1v) is 5.00. The average molecular weight is 196 g/mol. The summed E-state index contributed by atoms with van der Waals surface area (Å²) in [7, 11) is -0.211. The summed E-state index contributed by atoms with van der Waals surface area (Å²) in [5.74, 6) is 0. The summed E-state index contributed by atoms with van der Waals surface area (Å²) in [6.07, 6.45) is 0. The van der Waals surface area contributed by atoms with Crippen LogP contribution in [-0.4, -0.2) is 8.42 Å². The molecule has 1 rings (SSSR count). The van der Waals surface area contributed by atoms with E-state index in [4.69, 9.17) is 6.57 Å². The third-order valence-electron chi connectivity index (χ3n) is 1.49. The molecule has 0 spiro atoms. The molecule has 0 unspecified atom stereocenters. The van der Waals surface area contributed by atoms with Gasteiger partial charge in [0.05, 0.1) is 6.57 Å². The summed E-state index contributed by atoms with van der Waals surface area (Å²) >= 11 is 0. The van der Waals surface area contributed by atoms with Crippen LogP contribution in [0.1, 0.15) is 0 Å². The molecule has 0 heterocycles. The summed E-state index contributed by atoms with van der Waals surface area (Å²) in [5, 5.41) is 0. The van der Waals surface area contributed by atoms with Gasteiger partial charge in [0.1, 0.15) is 4.90 Å². The Kier molecular flexibility index (Phi) is 2.66. The fourth-order valence-corrected chi connectivity index (χ4v) is 1.57. The molecule has 5 heteroatoms. The Hall–Kier alpha value is -1.38. The zero-order valence-electron chi connectivity index (χ0n) is 6.77. The maximum Gasteiger partial charge on any atom is 0.298 e. The molecular weight excluding hydrogens is 188 g/mol. The van der Waals surface area contributed by atoms with Crippen LogP contribution in [-0.2, 0) is 10.0 Å². The number of hydrogen-bond donors (Lipinski definition) is 1. The van der Waals surface area contributed by atoms with Crippen LogP contribution in [0.3, 0.4) is 0 Å². The van der Waals surface area contributed by atoms with Crippen LogP contribution in [0.2, 0.25) is 0 Å². The van der Waals surface area contributed by atoms with Gasteiger partial charge in [-0.25, -0.2) is 4.85 Å². The van der Waals surface area contributed by atoms with Crippen molar-refractivity contribution in [2.75, 3.05) is 0 Å². The molecule has 68 valence electrons. The standard InChI is InChI=1S/C8H8N2O2S/c1-9-7-4-3-5-8(6-7)13(11,12)10-2/h3-6H,2,10H2. The Bertz CT molecular complexity index is 445. The molecule has 0 saturated carbocycles. The lowest BCUT2D eigenvalue weighted by Crippen LogP contribution is -2.80. The van der Waals surface area contributed by atoms with E-state index in [1.807, 2.05) is 0 Å². The molecule has 0 atom stereocenters. The molecule has 0 radical (unpaired) electrons. The summed E-state index contributed by atoms with van der Waals surface area (Å²) in [4.78, 5) is 3.24. The smallest absolute Gasteiger partial charge is 0.298 e. The highest BCUT2D eigenvalue weighted by Gasteiger charge is 2.11. The summed E-state index contributed by atoms with van der Waals surface area (Å²) in [6.45, 7) is 6.71. The van der Waals surface area contributed by atoms with Crippen molar-refractivity contribution in [3.8, 4) is 0 Å². The Morgan fingerprint density at radius 3 is 2.69 bits per heavy atom. The van der Waals surface area contributed by atoms with Crippen molar-refractivity contribution in [3.63, 3.8) is 0 Å². The second kappa shape index (κ2) is 3.56. The number of nitrogens with two attached hydrogens (primary N) is 1. The van der Waals surface area contributed by atoms with Crippen LogP contribution in [0.15, 0.2) is 29.2 Å². The molecule has 13 heavy (non-hydrogen) atoms. The van der Waals surface area contributed by atoms with Gasteiger partial charge in [0.15, 0.2) is 5.69 Å². The maximum atomic E-state index is 11.2. The molecule has 0 fully saturated rings. The molecule has 1 aromatic carbocycles. The molecule has 0 aliphatic heterocycles. The van der Waals surface area contributed by atoms with Crippen LogP contribution >= 0.6 is 0 Å². The SMILES string of the molecule is [C-]#[N+]c1cccc(S(=O)(=O)[NH2+][CH2-])c1. The lowest BCUT2D eigenvalue weighted by atomic mass is 10.3. The zero-order chi connectivity index (χ0) is 9.90. The molecule has 0 bridgehead atoms. The van der Waals surface area contributed by atoms with Gasteiger partial charge in [-0.1, -0.05) is 12.1 Å². The number of sulfonamides is 1. The second-order valence-corrected chi connectivity index (χ2v) is 4.22. The quantitative estimate of drug-likeness (QED) is 0.691. The van der Waals surface area contributed by atoms with E-state index in [2.05, 4.69) is 11.9 Å². The highest BCUT2D eigenvalue weighted by molar-refractivity contribution is 7.84. The van der Waals surface area contributed by atoms with E-state index in [1.165, 1.54) is 18.2 Å². The Labute approximate surface area is 77.1 Å². The topological polar surface area (TPSA) is 55.1 Å². The summed E-state index contributed by atoms with van der Waals surface area (Å²) in [6, 6.07) is 5.84. The zero-order valence-corrected chi connectivity index (χ0v) is 7.58. The van der Waals surface area contributed by atoms with E-state index in [0.717, 1.165) is 4.72 Å². The van der Waals surface area contributed by atoms with Crippen LogP contribution in [0.4, 0.5) is 5.69 Å². The molecule has 2 N–H and O–H groups in total. The Morgan fingerprint density at radius 1 is 1.46 bits per heavy atom. The Balaban J connectivity index is 3.27. The van der Waals surface area contributed by atoms with Crippen LogP contribution in [0.25, 0.3) is 4.85 Å². The molecule has 0 amide bonds. The van der Waals surface area contributed by atoms with Crippen LogP contribution in [0, 0.1) is 13.6 Å². The molecular formula is C8H8N2O2S. The Morgan fingerprint density at radius 2 is 2.15 bits per heavy atom. The van der Waals surface area contributed by atoms with E-state index >= 15 is 0 Å². The van der Waals surface area contributed by atoms with Gasteiger partial charge < -0.3 is 4.72 Å². The first-order valence-electron chi connectivity index (χ1n) is 3.45. The van der Waals surface area contributed by atoms with Crippen molar-refractivity contribution in [1.82, 2.24) is 0 Å². The van der Waals surface area contributed by atoms with E-state index in [-0.39, 0.29) is 4.90 Å². The number of nitrogens with zero attached hydrogens (tertiary/aromatic N) is 1. The fourth-order valence-electron chi connectivity index (χ4n) is 0.826. The maximum absolute atomic E-state index is 11.2. The number of primary sulfonamides is 1. The van der Waals surface area contributed by atoms with E-state index in [9.17, 15) is 8.42 Å². The molecule has 0 aromatic heterocycles. The van der Waals surface area contributed by atoms with Crippen molar-refractivity contribution in [2.24, 2.45) is 0 Å². The molecule has 0 aliphatic rings. The van der Waals surface area contributed by atoms with Gasteiger partial charge in [-0.05, 0) is 12.1 Å². The number of hydrogen-bond acceptors (Lipinski definition) is 2. The van der Waals surface area contributed by atoms with Crippen molar-refractivity contribution < 1.29 is 13.1 Å². The van der Waals surface area contributed by atoms with Crippen molar-refractivity contribution in [3.05, 3.63) is 42.7 Å². The highest BCUT2D eigenvalue weighted by atomic mass is 32.2. The first kappa shape index (κ1) is 9.71. The predicted octanol–water partition coefficient (Wildman–Crippen LogP) is 0.281. The number of quaternary nitrogens is 1. The second-order valence-electron chi connectivity index (χ2n) is 2.32. The van der Waals surface area contributed by atoms with Crippen molar-refractivity contribution >= 4 is 15.7 Å². The van der Waals surface area contributed by atoms with Gasteiger partial charge >= 0.3 is 0 Å². The molecule has 0 saturated heterocycles. The minimum Gasteiger partial charge on any atom is -0.367 e. The van der Waals surface area contributed by atoms with Gasteiger partial charge in [0, 0.05) is 0 Å². The van der Waals surface area contributed by atoms with Gasteiger partial charge in [-0.2, -0.15) is 8.42 Å². The monoisotopic (exact) mass is 196 g/mol. The van der Waals surface area contributed by atoms with Gasteiger partial charge in [-0.3, -0.25) is 0 Å². The molecule has 4 nitrogen and oxygen atoms in total. The van der Waals surface area contributed by atoms with Gasteiger partial charge in [0.25, 0.3) is 10.0 Å². The van der Waals surface area contributed by atoms with E-state index in [0.29, 0.717) is 5.69 Å². The lowest BCUT2D eigenvalue weighted by molar-refractivity contribution is -0.424. The van der Waals surface area contributed by atoms with Crippen LogP contribution in [0.5, 0.6) is 0 Å². The fraction of sp³-hybridized carbons (Fsp3) is 0. The van der Waals surface area contributed by atoms with Gasteiger partial charge in [0.2, 0.25) is 0 Å². The highest BCUT2D eigenvalue weighted by Crippen LogP contribution is 2.15. The van der Waals surface area contributed by atoms with Crippen molar-refractivity contribution in [2.45, 2.75) is 4.90 Å². The van der Waals surface area contributed by atoms with Crippen LogP contribution < -0.4 is 4.72 Å². The predicted molar refractivity (Wildman–Crippen MR) is 47.2 cm³/mol. The minimum atomic E-state index is -3.41. The first-order chi connectivity index (χ1) is 6.10. The van der Waals surface area contributed by atoms with Crippen molar-refractivity contribution in [1.29, 1.82) is 0 Å². The lowest BCUT2D eigenvalue weighted by Gasteiger charge is -2.02. The molecule has 0 aliphatic carbocycles. The molecule has 1 aromatic rings. The summed E-state index contributed by atoms with van der Waals surface area (Å²) < 4.78 is 23.4.